The smallest absolute Gasteiger partial charge is 0.388 e. The number of carbonyl (C=O) groups is 1. The van der Waals surface area contributed by atoms with E-state index < -0.39 is 6.61 Å². The van der Waals surface area contributed by atoms with E-state index in [1.165, 1.54) is 18.7 Å². The summed E-state index contributed by atoms with van der Waals surface area (Å²) in [6.45, 7) is 3.51. The number of ether oxygens (including phenoxy) is 1. The molecule has 3 aliphatic rings. The first-order chi connectivity index (χ1) is 15.0. The fraction of sp³-hybridized carbons (Fsp3) is 0.524. The van der Waals surface area contributed by atoms with Crippen LogP contribution in [-0.2, 0) is 17.9 Å². The molecule has 10 heteroatoms. The topological polar surface area (TPSA) is 74.7 Å². The summed E-state index contributed by atoms with van der Waals surface area (Å²) >= 11 is 0. The van der Waals surface area contributed by atoms with Crippen molar-refractivity contribution in [3.05, 3.63) is 35.4 Å². The Hall–Kier alpha value is -3.04. The van der Waals surface area contributed by atoms with Gasteiger partial charge in [-0.05, 0) is 19.4 Å². The third kappa shape index (κ3) is 3.98. The van der Waals surface area contributed by atoms with E-state index in [1.807, 2.05) is 16.7 Å². The molecule has 0 bridgehead atoms. The molecule has 0 unspecified atom stereocenters. The number of fused-ring (bicyclic) bond motifs is 1. The van der Waals surface area contributed by atoms with Gasteiger partial charge in [-0.25, -0.2) is 15.0 Å². The molecule has 0 N–H and O–H groups in total. The van der Waals surface area contributed by atoms with Crippen molar-refractivity contribution < 1.29 is 18.3 Å². The summed E-state index contributed by atoms with van der Waals surface area (Å²) in [5.41, 5.74) is 2.81. The lowest BCUT2D eigenvalue weighted by molar-refractivity contribution is -0.133. The van der Waals surface area contributed by atoms with Crippen LogP contribution in [0.3, 0.4) is 0 Å². The first-order valence-corrected chi connectivity index (χ1v) is 10.5. The fourth-order valence-electron chi connectivity index (χ4n) is 4.36. The maximum atomic E-state index is 12.9. The van der Waals surface area contributed by atoms with Crippen LogP contribution in [0.5, 0.6) is 5.88 Å². The standard InChI is InChI=1S/C21H24F2N6O2/c1-13-25-17-12-29(11-16(17)20(26-13)27-5-2-6-27)19(30)7-14-9-28(10-14)15-3-4-24-18(8-15)31-21(22)23/h3-4,8,14,21H,2,5-7,9-12H2,1H3. The van der Waals surface area contributed by atoms with Crippen molar-refractivity contribution in [1.82, 2.24) is 19.9 Å². The van der Waals surface area contributed by atoms with Crippen LogP contribution in [0.15, 0.2) is 18.3 Å². The number of aromatic nitrogens is 3. The summed E-state index contributed by atoms with van der Waals surface area (Å²) in [7, 11) is 0. The molecular weight excluding hydrogens is 406 g/mol. The van der Waals surface area contributed by atoms with E-state index >= 15 is 0 Å². The molecule has 2 fully saturated rings. The molecular formula is C21H24F2N6O2. The maximum absolute atomic E-state index is 12.9. The second-order valence-electron chi connectivity index (χ2n) is 8.32. The predicted octanol–water partition coefficient (Wildman–Crippen LogP) is 2.36. The molecule has 1 amide bonds. The predicted molar refractivity (Wildman–Crippen MR) is 109 cm³/mol. The molecule has 0 atom stereocenters. The monoisotopic (exact) mass is 430 g/mol. The third-order valence-corrected chi connectivity index (χ3v) is 6.09. The fourth-order valence-corrected chi connectivity index (χ4v) is 4.36. The molecule has 8 nitrogen and oxygen atoms in total. The van der Waals surface area contributed by atoms with Crippen molar-refractivity contribution in [3.63, 3.8) is 0 Å². The number of anilines is 2. The van der Waals surface area contributed by atoms with Gasteiger partial charge in [-0.1, -0.05) is 0 Å². The minimum Gasteiger partial charge on any atom is -0.417 e. The summed E-state index contributed by atoms with van der Waals surface area (Å²) < 4.78 is 29.1. The maximum Gasteiger partial charge on any atom is 0.388 e. The normalized spacial score (nSPS) is 18.1. The molecule has 31 heavy (non-hydrogen) atoms. The number of carbonyl (C=O) groups excluding carboxylic acids is 1. The average molecular weight is 430 g/mol. The van der Waals surface area contributed by atoms with Crippen molar-refractivity contribution >= 4 is 17.4 Å². The third-order valence-electron chi connectivity index (χ3n) is 6.09. The number of alkyl halides is 2. The lowest BCUT2D eigenvalue weighted by atomic mass is 9.95. The molecule has 0 spiro atoms. The zero-order valence-corrected chi connectivity index (χ0v) is 17.3. The lowest BCUT2D eigenvalue weighted by Crippen LogP contribution is -2.48. The van der Waals surface area contributed by atoms with Crippen molar-refractivity contribution in [3.8, 4) is 5.88 Å². The summed E-state index contributed by atoms with van der Waals surface area (Å²) in [4.78, 5) is 32.1. The highest BCUT2D eigenvalue weighted by molar-refractivity contribution is 5.78. The molecule has 0 radical (unpaired) electrons. The summed E-state index contributed by atoms with van der Waals surface area (Å²) in [6, 6.07) is 3.26. The Kier molecular flexibility index (Phi) is 5.07. The van der Waals surface area contributed by atoms with Crippen LogP contribution in [0.4, 0.5) is 20.3 Å². The van der Waals surface area contributed by atoms with Crippen LogP contribution in [0.2, 0.25) is 0 Å². The van der Waals surface area contributed by atoms with Gasteiger partial charge < -0.3 is 19.4 Å². The van der Waals surface area contributed by atoms with Gasteiger partial charge in [0.15, 0.2) is 0 Å². The average Bonchev–Trinajstić information content (AvgIpc) is 3.06. The highest BCUT2D eigenvalue weighted by atomic mass is 19.3. The molecule has 0 aromatic carbocycles. The Morgan fingerprint density at radius 3 is 2.74 bits per heavy atom. The minimum absolute atomic E-state index is 0.101. The Balaban J connectivity index is 1.17. The van der Waals surface area contributed by atoms with Gasteiger partial charge >= 0.3 is 6.61 Å². The van der Waals surface area contributed by atoms with E-state index in [9.17, 15) is 13.6 Å². The van der Waals surface area contributed by atoms with Crippen LogP contribution < -0.4 is 14.5 Å². The molecule has 3 aliphatic heterocycles. The number of pyridine rings is 1. The first-order valence-electron chi connectivity index (χ1n) is 10.5. The largest absolute Gasteiger partial charge is 0.417 e. The molecule has 164 valence electrons. The highest BCUT2D eigenvalue weighted by Gasteiger charge is 2.35. The van der Waals surface area contributed by atoms with Crippen LogP contribution in [0, 0.1) is 12.8 Å². The van der Waals surface area contributed by atoms with Gasteiger partial charge in [0.25, 0.3) is 0 Å². The van der Waals surface area contributed by atoms with Gasteiger partial charge in [-0.3, -0.25) is 4.79 Å². The Morgan fingerprint density at radius 2 is 2.03 bits per heavy atom. The number of rotatable bonds is 6. The first kappa shape index (κ1) is 19.9. The Bertz CT molecular complexity index is 994. The van der Waals surface area contributed by atoms with Gasteiger partial charge in [-0.2, -0.15) is 8.78 Å². The van der Waals surface area contributed by atoms with E-state index in [1.54, 1.807) is 6.07 Å². The molecule has 2 aromatic heterocycles. The van der Waals surface area contributed by atoms with E-state index in [4.69, 9.17) is 0 Å². The van der Waals surface area contributed by atoms with Gasteiger partial charge in [0.2, 0.25) is 11.8 Å². The van der Waals surface area contributed by atoms with Crippen molar-refractivity contribution in [1.29, 1.82) is 0 Å². The zero-order valence-electron chi connectivity index (χ0n) is 17.3. The van der Waals surface area contributed by atoms with Crippen molar-refractivity contribution in [2.24, 2.45) is 5.92 Å². The van der Waals surface area contributed by atoms with Crippen LogP contribution in [-0.4, -0.2) is 58.5 Å². The highest BCUT2D eigenvalue weighted by Crippen LogP contribution is 2.33. The van der Waals surface area contributed by atoms with Crippen LogP contribution >= 0.6 is 0 Å². The van der Waals surface area contributed by atoms with Gasteiger partial charge in [0.05, 0.1) is 18.8 Å². The van der Waals surface area contributed by atoms with Crippen molar-refractivity contribution in [2.75, 3.05) is 36.0 Å². The van der Waals surface area contributed by atoms with E-state index in [0.29, 0.717) is 32.6 Å². The van der Waals surface area contributed by atoms with Crippen LogP contribution in [0.25, 0.3) is 0 Å². The number of amides is 1. The second-order valence-corrected chi connectivity index (χ2v) is 8.32. The summed E-state index contributed by atoms with van der Waals surface area (Å²) in [6.07, 6.45) is 3.08. The zero-order chi connectivity index (χ0) is 21.5. The summed E-state index contributed by atoms with van der Waals surface area (Å²) in [5, 5.41) is 0. The lowest BCUT2D eigenvalue weighted by Gasteiger charge is -2.41. The van der Waals surface area contributed by atoms with E-state index in [-0.39, 0.29) is 17.7 Å². The van der Waals surface area contributed by atoms with Gasteiger partial charge in [-0.15, -0.1) is 0 Å². The minimum atomic E-state index is -2.90. The SMILES string of the molecule is Cc1nc2c(c(N3CCC3)n1)CN(C(=O)CC1CN(c3ccnc(OC(F)F)c3)C1)C2. The van der Waals surface area contributed by atoms with E-state index in [0.717, 1.165) is 41.7 Å². The van der Waals surface area contributed by atoms with Gasteiger partial charge in [0.1, 0.15) is 11.6 Å². The molecule has 5 rings (SSSR count). The molecule has 2 aromatic rings. The van der Waals surface area contributed by atoms with Crippen molar-refractivity contribution in [2.45, 2.75) is 39.5 Å². The Labute approximate surface area is 178 Å². The molecule has 5 heterocycles. The molecule has 0 saturated carbocycles. The second kappa shape index (κ2) is 7.90. The summed E-state index contributed by atoms with van der Waals surface area (Å²) in [5.74, 6) is 1.98. The number of hydrogen-bond acceptors (Lipinski definition) is 7. The van der Waals surface area contributed by atoms with Gasteiger partial charge in [0, 0.05) is 62.0 Å². The Morgan fingerprint density at radius 1 is 1.23 bits per heavy atom. The molecule has 0 aliphatic carbocycles. The number of hydrogen-bond donors (Lipinski definition) is 0. The van der Waals surface area contributed by atoms with Crippen LogP contribution in [0.1, 0.15) is 29.9 Å². The number of halogens is 2. The number of aryl methyl sites for hydroxylation is 1. The number of nitrogens with zero attached hydrogens (tertiary/aromatic N) is 6. The molecule has 2 saturated heterocycles. The quantitative estimate of drug-likeness (QED) is 0.697. The van der Waals surface area contributed by atoms with E-state index in [2.05, 4.69) is 24.6 Å².